The van der Waals surface area contributed by atoms with E-state index in [0.29, 0.717) is 6.54 Å². The molecule has 0 unspecified atom stereocenters. The zero-order chi connectivity index (χ0) is 12.7. The molecule has 2 N–H and O–H groups in total. The smallest absolute Gasteiger partial charge is 0.194 e. The normalized spacial score (nSPS) is 11.3. The maximum absolute atomic E-state index is 12.9. The Bertz CT molecular complexity index is 697. The van der Waals surface area contributed by atoms with Gasteiger partial charge in [-0.25, -0.2) is 9.37 Å². The molecular weight excluding hydrogens is 249 g/mol. The first-order chi connectivity index (χ1) is 8.70. The zero-order valence-electron chi connectivity index (χ0n) is 9.85. The van der Waals surface area contributed by atoms with Crippen LogP contribution < -0.4 is 5.73 Å². The number of nitrogens with two attached hydrogens (primary N) is 1. The SMILES string of the molecule is Cc1csc2nc(-c3ccc(F)cc3)c(CN)n12. The Labute approximate surface area is 108 Å². The highest BCUT2D eigenvalue weighted by Gasteiger charge is 2.15. The zero-order valence-corrected chi connectivity index (χ0v) is 10.7. The van der Waals surface area contributed by atoms with Gasteiger partial charge < -0.3 is 5.73 Å². The summed E-state index contributed by atoms with van der Waals surface area (Å²) in [7, 11) is 0. The van der Waals surface area contributed by atoms with Crippen molar-refractivity contribution in [2.45, 2.75) is 13.5 Å². The van der Waals surface area contributed by atoms with Gasteiger partial charge in [0.15, 0.2) is 4.96 Å². The van der Waals surface area contributed by atoms with E-state index in [1.165, 1.54) is 12.1 Å². The molecule has 0 radical (unpaired) electrons. The molecule has 3 nitrogen and oxygen atoms in total. The van der Waals surface area contributed by atoms with E-state index in [2.05, 4.69) is 14.8 Å². The number of halogens is 1. The standard InChI is InChI=1S/C13H12FN3S/c1-8-7-18-13-16-12(11(6-15)17(8)13)9-2-4-10(14)5-3-9/h2-5,7H,6,15H2,1H3. The molecule has 2 heterocycles. The number of thiazole rings is 1. The molecule has 0 atom stereocenters. The molecule has 0 saturated carbocycles. The van der Waals surface area contributed by atoms with Crippen LogP contribution in [0.4, 0.5) is 4.39 Å². The Morgan fingerprint density at radius 1 is 1.33 bits per heavy atom. The van der Waals surface area contributed by atoms with Crippen molar-refractivity contribution in [1.29, 1.82) is 0 Å². The summed E-state index contributed by atoms with van der Waals surface area (Å²) in [6, 6.07) is 6.35. The lowest BCUT2D eigenvalue weighted by molar-refractivity contribution is 0.628. The minimum atomic E-state index is -0.245. The monoisotopic (exact) mass is 261 g/mol. The molecule has 1 aromatic carbocycles. The molecule has 2 aromatic heterocycles. The van der Waals surface area contributed by atoms with Gasteiger partial charge >= 0.3 is 0 Å². The second kappa shape index (κ2) is 4.19. The van der Waals surface area contributed by atoms with Crippen LogP contribution in [0.5, 0.6) is 0 Å². The van der Waals surface area contributed by atoms with Crippen LogP contribution >= 0.6 is 11.3 Å². The van der Waals surface area contributed by atoms with Crippen LogP contribution in [-0.4, -0.2) is 9.38 Å². The molecule has 0 aliphatic carbocycles. The van der Waals surface area contributed by atoms with Gasteiger partial charge in [-0.05, 0) is 31.2 Å². The predicted molar refractivity (Wildman–Crippen MR) is 71.1 cm³/mol. The first-order valence-corrected chi connectivity index (χ1v) is 6.50. The van der Waals surface area contributed by atoms with Crippen LogP contribution in [0.3, 0.4) is 0 Å². The molecule has 0 bridgehead atoms. The number of hydrogen-bond acceptors (Lipinski definition) is 3. The highest BCUT2D eigenvalue weighted by Crippen LogP contribution is 2.28. The Kier molecular flexibility index (Phi) is 2.65. The van der Waals surface area contributed by atoms with Crippen molar-refractivity contribution in [2.24, 2.45) is 5.73 Å². The number of fused-ring (bicyclic) bond motifs is 1. The molecule has 0 fully saturated rings. The summed E-state index contributed by atoms with van der Waals surface area (Å²) >= 11 is 1.58. The Hall–Kier alpha value is -1.72. The second-order valence-corrected chi connectivity index (χ2v) is 4.95. The van der Waals surface area contributed by atoms with E-state index in [1.807, 2.05) is 6.92 Å². The van der Waals surface area contributed by atoms with Crippen LogP contribution in [0.15, 0.2) is 29.6 Å². The van der Waals surface area contributed by atoms with Gasteiger partial charge in [-0.15, -0.1) is 11.3 Å². The van der Waals surface area contributed by atoms with Gasteiger partial charge in [0.2, 0.25) is 0 Å². The Balaban J connectivity index is 2.25. The minimum Gasteiger partial charge on any atom is -0.325 e. The Morgan fingerprint density at radius 3 is 2.72 bits per heavy atom. The first kappa shape index (κ1) is 11.4. The summed E-state index contributed by atoms with van der Waals surface area (Å²) in [5.41, 5.74) is 9.65. The van der Waals surface area contributed by atoms with E-state index in [-0.39, 0.29) is 5.82 Å². The number of nitrogens with zero attached hydrogens (tertiary/aromatic N) is 2. The number of aryl methyl sites for hydroxylation is 1. The highest BCUT2D eigenvalue weighted by atomic mass is 32.1. The summed E-state index contributed by atoms with van der Waals surface area (Å²) in [6.07, 6.45) is 0. The van der Waals surface area contributed by atoms with Crippen molar-refractivity contribution in [3.05, 3.63) is 46.9 Å². The average molecular weight is 261 g/mol. The molecule has 0 spiro atoms. The second-order valence-electron chi connectivity index (χ2n) is 4.11. The van der Waals surface area contributed by atoms with Gasteiger partial charge in [0.25, 0.3) is 0 Å². The third-order valence-electron chi connectivity index (χ3n) is 2.94. The van der Waals surface area contributed by atoms with Crippen LogP contribution in [0.25, 0.3) is 16.2 Å². The molecule has 3 aromatic rings. The lowest BCUT2D eigenvalue weighted by Crippen LogP contribution is -2.03. The van der Waals surface area contributed by atoms with Crippen molar-refractivity contribution in [3.63, 3.8) is 0 Å². The van der Waals surface area contributed by atoms with E-state index >= 15 is 0 Å². The van der Waals surface area contributed by atoms with Gasteiger partial charge in [0.1, 0.15) is 5.82 Å². The molecular formula is C13H12FN3S. The van der Waals surface area contributed by atoms with Gasteiger partial charge in [-0.2, -0.15) is 0 Å². The molecule has 0 aliphatic rings. The maximum Gasteiger partial charge on any atom is 0.194 e. The van der Waals surface area contributed by atoms with E-state index in [4.69, 9.17) is 5.73 Å². The summed E-state index contributed by atoms with van der Waals surface area (Å²) in [6.45, 7) is 2.43. The molecule has 18 heavy (non-hydrogen) atoms. The van der Waals surface area contributed by atoms with Crippen molar-refractivity contribution in [3.8, 4) is 11.3 Å². The predicted octanol–water partition coefficient (Wildman–Crippen LogP) is 2.97. The number of hydrogen-bond donors (Lipinski definition) is 1. The third-order valence-corrected chi connectivity index (χ3v) is 3.88. The fourth-order valence-corrected chi connectivity index (χ4v) is 2.98. The van der Waals surface area contributed by atoms with Crippen LogP contribution in [-0.2, 0) is 6.54 Å². The quantitative estimate of drug-likeness (QED) is 0.770. The summed E-state index contributed by atoms with van der Waals surface area (Å²) in [4.78, 5) is 5.51. The molecule has 3 rings (SSSR count). The lowest BCUT2D eigenvalue weighted by Gasteiger charge is -2.02. The summed E-state index contributed by atoms with van der Waals surface area (Å²) in [5, 5.41) is 2.05. The lowest BCUT2D eigenvalue weighted by atomic mass is 10.1. The number of imidazole rings is 1. The van der Waals surface area contributed by atoms with Crippen molar-refractivity contribution >= 4 is 16.3 Å². The minimum absolute atomic E-state index is 0.245. The average Bonchev–Trinajstić information content (AvgIpc) is 2.91. The third kappa shape index (κ3) is 1.63. The van der Waals surface area contributed by atoms with Crippen LogP contribution in [0.1, 0.15) is 11.4 Å². The molecule has 0 amide bonds. The summed E-state index contributed by atoms with van der Waals surface area (Å²) < 4.78 is 15.0. The fraction of sp³-hybridized carbons (Fsp3) is 0.154. The van der Waals surface area contributed by atoms with E-state index in [1.54, 1.807) is 23.5 Å². The van der Waals surface area contributed by atoms with Crippen LogP contribution in [0, 0.1) is 12.7 Å². The van der Waals surface area contributed by atoms with Crippen molar-refractivity contribution < 1.29 is 4.39 Å². The Morgan fingerprint density at radius 2 is 2.06 bits per heavy atom. The number of aromatic nitrogens is 2. The van der Waals surface area contributed by atoms with Gasteiger partial charge in [0.05, 0.1) is 11.4 Å². The van der Waals surface area contributed by atoms with Gasteiger partial charge in [-0.3, -0.25) is 4.40 Å². The molecule has 92 valence electrons. The summed E-state index contributed by atoms with van der Waals surface area (Å²) in [5.74, 6) is -0.245. The molecule has 5 heteroatoms. The number of rotatable bonds is 2. The first-order valence-electron chi connectivity index (χ1n) is 5.62. The van der Waals surface area contributed by atoms with Crippen molar-refractivity contribution in [1.82, 2.24) is 9.38 Å². The van der Waals surface area contributed by atoms with Gasteiger partial charge in [-0.1, -0.05) is 0 Å². The molecule has 0 saturated heterocycles. The maximum atomic E-state index is 12.9. The van der Waals surface area contributed by atoms with Gasteiger partial charge in [0, 0.05) is 23.2 Å². The van der Waals surface area contributed by atoms with E-state index < -0.39 is 0 Å². The molecule has 0 aliphatic heterocycles. The van der Waals surface area contributed by atoms with Crippen LogP contribution in [0.2, 0.25) is 0 Å². The van der Waals surface area contributed by atoms with Crippen molar-refractivity contribution in [2.75, 3.05) is 0 Å². The number of benzene rings is 1. The van der Waals surface area contributed by atoms with E-state index in [0.717, 1.165) is 27.6 Å². The highest BCUT2D eigenvalue weighted by molar-refractivity contribution is 7.15. The topological polar surface area (TPSA) is 43.3 Å². The van der Waals surface area contributed by atoms with E-state index in [9.17, 15) is 4.39 Å². The fourth-order valence-electron chi connectivity index (χ4n) is 2.09. The largest absolute Gasteiger partial charge is 0.325 e.